The van der Waals surface area contributed by atoms with Gasteiger partial charge in [0.25, 0.3) is 10.2 Å². The summed E-state index contributed by atoms with van der Waals surface area (Å²) in [6, 6.07) is 9.23. The van der Waals surface area contributed by atoms with E-state index in [1.807, 2.05) is 30.3 Å². The maximum absolute atomic E-state index is 11.9. The van der Waals surface area contributed by atoms with Crippen LogP contribution in [0.5, 0.6) is 0 Å². The van der Waals surface area contributed by atoms with Gasteiger partial charge in [-0.05, 0) is 12.5 Å². The minimum Gasteiger partial charge on any atom is -0.455 e. The number of ether oxygens (including phenoxy) is 2. The summed E-state index contributed by atoms with van der Waals surface area (Å²) < 4.78 is 36.5. The number of hydrogen-bond acceptors (Lipinski definition) is 8. The second kappa shape index (κ2) is 10.3. The van der Waals surface area contributed by atoms with Gasteiger partial charge in [0, 0.05) is 19.5 Å². The van der Waals surface area contributed by atoms with Crippen LogP contribution in [0.1, 0.15) is 24.3 Å². The van der Waals surface area contributed by atoms with Crippen molar-refractivity contribution < 1.29 is 27.5 Å². The molecule has 1 unspecified atom stereocenters. The molecule has 1 amide bonds. The van der Waals surface area contributed by atoms with Gasteiger partial charge in [-0.2, -0.15) is 17.4 Å². The highest BCUT2D eigenvalue weighted by Crippen LogP contribution is 2.23. The molecular formula is C17H22N4O6S2. The van der Waals surface area contributed by atoms with Crippen LogP contribution in [-0.4, -0.2) is 50.4 Å². The lowest BCUT2D eigenvalue weighted by atomic mass is 10.2. The molecule has 0 saturated carbocycles. The zero-order chi connectivity index (χ0) is 21.4. The lowest BCUT2D eigenvalue weighted by Gasteiger charge is -2.14. The number of amides is 1. The van der Waals surface area contributed by atoms with Gasteiger partial charge in [-0.1, -0.05) is 30.3 Å². The summed E-state index contributed by atoms with van der Waals surface area (Å²) in [5, 5.41) is 4.41. The fraction of sp³-hybridized carbons (Fsp3) is 0.353. The monoisotopic (exact) mass is 442 g/mol. The van der Waals surface area contributed by atoms with Gasteiger partial charge in [-0.15, -0.1) is 11.3 Å². The maximum atomic E-state index is 11.9. The molecule has 12 heteroatoms. The van der Waals surface area contributed by atoms with Gasteiger partial charge in [-0.3, -0.25) is 10.1 Å². The molecule has 10 nitrogen and oxygen atoms in total. The molecule has 0 fully saturated rings. The number of aromatic nitrogens is 1. The molecule has 1 heterocycles. The molecule has 0 spiro atoms. The average Bonchev–Trinajstić information content (AvgIpc) is 3.14. The highest BCUT2D eigenvalue weighted by Gasteiger charge is 2.19. The number of anilines is 1. The highest BCUT2D eigenvalue weighted by molar-refractivity contribution is 7.87. The number of carbonyl (C=O) groups is 2. The summed E-state index contributed by atoms with van der Waals surface area (Å²) in [6.45, 7) is 1.21. The maximum Gasteiger partial charge on any atom is 0.413 e. The Hall–Kier alpha value is -2.54. The number of carbonyl (C=O) groups excluding carboxylic acids is 2. The second-order valence-corrected chi connectivity index (χ2v) is 8.83. The van der Waals surface area contributed by atoms with Gasteiger partial charge >= 0.3 is 12.1 Å². The first-order valence-corrected chi connectivity index (χ1v) is 10.8. The first-order chi connectivity index (χ1) is 13.7. The molecule has 0 saturated heterocycles. The van der Waals surface area contributed by atoms with E-state index in [0.29, 0.717) is 5.69 Å². The van der Waals surface area contributed by atoms with Crippen LogP contribution >= 0.6 is 11.3 Å². The normalized spacial score (nSPS) is 12.4. The molecule has 2 aromatic rings. The van der Waals surface area contributed by atoms with Crippen molar-refractivity contribution in [2.45, 2.75) is 19.6 Å². The Kier molecular flexibility index (Phi) is 8.08. The molecular weight excluding hydrogens is 420 g/mol. The van der Waals surface area contributed by atoms with Gasteiger partial charge in [-0.25, -0.2) is 9.78 Å². The van der Waals surface area contributed by atoms with Gasteiger partial charge in [0.05, 0.1) is 5.69 Å². The van der Waals surface area contributed by atoms with Crippen molar-refractivity contribution in [3.8, 4) is 0 Å². The minimum absolute atomic E-state index is 0.127. The van der Waals surface area contributed by atoms with Crippen LogP contribution < -0.4 is 10.0 Å². The molecule has 1 aromatic heterocycles. The van der Waals surface area contributed by atoms with Crippen LogP contribution in [0.3, 0.4) is 0 Å². The summed E-state index contributed by atoms with van der Waals surface area (Å²) in [4.78, 5) is 27.9. The number of nitrogens with one attached hydrogen (secondary N) is 2. The molecule has 158 valence electrons. The van der Waals surface area contributed by atoms with E-state index >= 15 is 0 Å². The van der Waals surface area contributed by atoms with Gasteiger partial charge in [0.15, 0.2) is 5.13 Å². The Morgan fingerprint density at radius 3 is 2.59 bits per heavy atom. The van der Waals surface area contributed by atoms with E-state index < -0.39 is 34.9 Å². The largest absolute Gasteiger partial charge is 0.455 e. The molecule has 29 heavy (non-hydrogen) atoms. The Morgan fingerprint density at radius 1 is 1.24 bits per heavy atom. The molecule has 0 bridgehead atoms. The summed E-state index contributed by atoms with van der Waals surface area (Å²) in [5.74, 6) is -0.757. The molecule has 2 N–H and O–H groups in total. The van der Waals surface area contributed by atoms with Gasteiger partial charge in [0.2, 0.25) is 0 Å². The number of benzene rings is 1. The Balaban J connectivity index is 1.80. The lowest BCUT2D eigenvalue weighted by Crippen LogP contribution is -2.39. The van der Waals surface area contributed by atoms with Crippen LogP contribution in [0.15, 0.2) is 35.7 Å². The SMILES string of the molecule is CC(OC(=O)CNS(=O)(=O)N(C)C)c1csc(NC(=O)OCc2ccccc2)n1. The van der Waals surface area contributed by atoms with Crippen LogP contribution in [0.25, 0.3) is 0 Å². The quantitative estimate of drug-likeness (QED) is 0.568. The number of esters is 1. The first kappa shape index (κ1) is 22.7. The topological polar surface area (TPSA) is 127 Å². The fourth-order valence-corrected chi connectivity index (χ4v) is 3.29. The van der Waals surface area contributed by atoms with E-state index in [1.165, 1.54) is 14.1 Å². The zero-order valence-corrected chi connectivity index (χ0v) is 17.7. The molecule has 1 atom stereocenters. The molecule has 1 aromatic carbocycles. The first-order valence-electron chi connectivity index (χ1n) is 8.47. The molecule has 0 aliphatic carbocycles. The molecule has 0 radical (unpaired) electrons. The number of hydrogen-bond donors (Lipinski definition) is 2. The third-order valence-corrected chi connectivity index (χ3v) is 5.79. The fourth-order valence-electron chi connectivity index (χ4n) is 1.96. The Morgan fingerprint density at radius 2 is 1.93 bits per heavy atom. The van der Waals surface area contributed by atoms with Crippen LogP contribution in [0.2, 0.25) is 0 Å². The predicted molar refractivity (Wildman–Crippen MR) is 107 cm³/mol. The van der Waals surface area contributed by atoms with Crippen molar-refractivity contribution >= 4 is 38.7 Å². The smallest absolute Gasteiger partial charge is 0.413 e. The number of nitrogens with zero attached hydrogens (tertiary/aromatic N) is 2. The average molecular weight is 443 g/mol. The van der Waals surface area contributed by atoms with E-state index in [-0.39, 0.29) is 11.7 Å². The Bertz CT molecular complexity index is 930. The number of rotatable bonds is 9. The van der Waals surface area contributed by atoms with Gasteiger partial charge < -0.3 is 9.47 Å². The molecule has 2 rings (SSSR count). The van der Waals surface area contributed by atoms with Crippen molar-refractivity contribution in [2.75, 3.05) is 26.0 Å². The van der Waals surface area contributed by atoms with Crippen LogP contribution in [0.4, 0.5) is 9.93 Å². The minimum atomic E-state index is -3.72. The third-order valence-electron chi connectivity index (χ3n) is 3.55. The van der Waals surface area contributed by atoms with Crippen molar-refractivity contribution in [2.24, 2.45) is 0 Å². The van der Waals surface area contributed by atoms with E-state index in [9.17, 15) is 18.0 Å². The van der Waals surface area contributed by atoms with Crippen molar-refractivity contribution in [3.63, 3.8) is 0 Å². The molecule has 0 aliphatic rings. The Labute approximate surface area is 173 Å². The van der Waals surface area contributed by atoms with E-state index in [2.05, 4.69) is 15.0 Å². The predicted octanol–water partition coefficient (Wildman–Crippen LogP) is 1.89. The summed E-state index contributed by atoms with van der Waals surface area (Å²) in [5.41, 5.74) is 1.27. The molecule has 0 aliphatic heterocycles. The lowest BCUT2D eigenvalue weighted by molar-refractivity contribution is -0.147. The van der Waals surface area contributed by atoms with E-state index in [0.717, 1.165) is 21.2 Å². The van der Waals surface area contributed by atoms with Gasteiger partial charge in [0.1, 0.15) is 19.3 Å². The van der Waals surface area contributed by atoms with Crippen molar-refractivity contribution in [1.29, 1.82) is 0 Å². The zero-order valence-electron chi connectivity index (χ0n) is 16.1. The van der Waals surface area contributed by atoms with Crippen molar-refractivity contribution in [3.05, 3.63) is 47.0 Å². The summed E-state index contributed by atoms with van der Waals surface area (Å²) >= 11 is 1.14. The summed E-state index contributed by atoms with van der Waals surface area (Å²) in [7, 11) is -1.04. The van der Waals surface area contributed by atoms with Crippen molar-refractivity contribution in [1.82, 2.24) is 14.0 Å². The standard InChI is InChI=1S/C17H22N4O6S2/c1-12(27-15(22)9-18-29(24,25)21(2)3)14-11-28-16(19-14)20-17(23)26-10-13-7-5-4-6-8-13/h4-8,11-12,18H,9-10H2,1-3H3,(H,19,20,23). The highest BCUT2D eigenvalue weighted by atomic mass is 32.2. The van der Waals surface area contributed by atoms with Crippen LogP contribution in [0, 0.1) is 0 Å². The van der Waals surface area contributed by atoms with E-state index in [1.54, 1.807) is 12.3 Å². The van der Waals surface area contributed by atoms with E-state index in [4.69, 9.17) is 9.47 Å². The third kappa shape index (κ3) is 7.42. The van der Waals surface area contributed by atoms with Crippen LogP contribution in [-0.2, 0) is 31.1 Å². The number of thiazole rings is 1. The second-order valence-electron chi connectivity index (χ2n) is 6.00. The summed E-state index contributed by atoms with van der Waals surface area (Å²) in [6.07, 6.45) is -1.38.